The lowest BCUT2D eigenvalue weighted by molar-refractivity contribution is -0.123. The number of nitrogens with zero attached hydrogens (tertiary/aromatic N) is 3. The van der Waals surface area contributed by atoms with E-state index in [9.17, 15) is 4.79 Å². The molecule has 1 amide bonds. The summed E-state index contributed by atoms with van der Waals surface area (Å²) >= 11 is 14.3. The van der Waals surface area contributed by atoms with Crippen LogP contribution in [0.1, 0.15) is 24.4 Å². The van der Waals surface area contributed by atoms with E-state index in [-0.39, 0.29) is 12.5 Å². The van der Waals surface area contributed by atoms with E-state index in [2.05, 4.69) is 27.6 Å². The minimum Gasteiger partial charge on any atom is -0.484 e. The summed E-state index contributed by atoms with van der Waals surface area (Å²) in [7, 11) is 0. The summed E-state index contributed by atoms with van der Waals surface area (Å²) in [6, 6.07) is 24.0. The zero-order valence-electron chi connectivity index (χ0n) is 18.3. The van der Waals surface area contributed by atoms with E-state index in [1.54, 1.807) is 30.3 Å². The van der Waals surface area contributed by atoms with Crippen LogP contribution in [0.2, 0.25) is 10.0 Å². The lowest BCUT2D eigenvalue weighted by Crippen LogP contribution is -2.32. The van der Waals surface area contributed by atoms with Gasteiger partial charge in [0.05, 0.1) is 16.8 Å². The molecule has 1 heterocycles. The van der Waals surface area contributed by atoms with Crippen molar-refractivity contribution in [1.82, 2.24) is 20.1 Å². The fraction of sp³-hybridized carbons (Fsp3) is 0.160. The van der Waals surface area contributed by atoms with Crippen LogP contribution in [-0.4, -0.2) is 27.3 Å². The number of carbonyl (C=O) groups excluding carboxylic acids is 1. The Kier molecular flexibility index (Phi) is 8.11. The molecule has 0 aliphatic heterocycles. The molecule has 0 fully saturated rings. The van der Waals surface area contributed by atoms with Gasteiger partial charge in [0.2, 0.25) is 0 Å². The number of carbonyl (C=O) groups is 1. The van der Waals surface area contributed by atoms with Crippen molar-refractivity contribution in [2.24, 2.45) is 0 Å². The Morgan fingerprint density at radius 1 is 1.03 bits per heavy atom. The van der Waals surface area contributed by atoms with Crippen molar-refractivity contribution in [2.45, 2.75) is 23.9 Å². The van der Waals surface area contributed by atoms with Crippen molar-refractivity contribution in [3.63, 3.8) is 0 Å². The van der Waals surface area contributed by atoms with Crippen LogP contribution < -0.4 is 10.1 Å². The molecule has 4 rings (SSSR count). The third-order valence-electron chi connectivity index (χ3n) is 4.90. The Hall–Kier alpha value is -3.00. The quantitative estimate of drug-likeness (QED) is 0.273. The van der Waals surface area contributed by atoms with Crippen molar-refractivity contribution < 1.29 is 9.53 Å². The van der Waals surface area contributed by atoms with Crippen molar-refractivity contribution in [3.8, 4) is 11.4 Å². The van der Waals surface area contributed by atoms with Crippen LogP contribution in [-0.2, 0) is 10.5 Å². The molecule has 34 heavy (non-hydrogen) atoms. The van der Waals surface area contributed by atoms with Crippen LogP contribution >= 0.6 is 35.0 Å². The van der Waals surface area contributed by atoms with E-state index in [0.717, 1.165) is 5.56 Å². The average Bonchev–Trinajstić information content (AvgIpc) is 3.28. The average molecular weight is 513 g/mol. The smallest absolute Gasteiger partial charge is 0.258 e. The zero-order chi connectivity index (χ0) is 23.9. The molecule has 0 aliphatic rings. The van der Waals surface area contributed by atoms with Gasteiger partial charge in [-0.15, -0.1) is 10.2 Å². The molecule has 0 spiro atoms. The van der Waals surface area contributed by atoms with Crippen LogP contribution in [0.15, 0.2) is 84.0 Å². The summed E-state index contributed by atoms with van der Waals surface area (Å²) in [4.78, 5) is 12.5. The number of hydrogen-bond acceptors (Lipinski definition) is 5. The highest BCUT2D eigenvalue weighted by Crippen LogP contribution is 2.32. The van der Waals surface area contributed by atoms with Crippen LogP contribution in [0.3, 0.4) is 0 Å². The second-order valence-electron chi connectivity index (χ2n) is 7.44. The molecule has 3 aromatic carbocycles. The van der Waals surface area contributed by atoms with Gasteiger partial charge in [0.1, 0.15) is 5.75 Å². The summed E-state index contributed by atoms with van der Waals surface area (Å²) in [5.41, 5.74) is 1.80. The molecule has 0 aliphatic carbocycles. The highest BCUT2D eigenvalue weighted by Gasteiger charge is 2.23. The van der Waals surface area contributed by atoms with Crippen molar-refractivity contribution >= 4 is 40.9 Å². The summed E-state index contributed by atoms with van der Waals surface area (Å²) in [6.45, 7) is 1.72. The van der Waals surface area contributed by atoms with Gasteiger partial charge >= 0.3 is 0 Å². The molecule has 1 aromatic heterocycles. The number of amides is 1. The minimum absolute atomic E-state index is 0.115. The molecule has 6 nitrogen and oxygen atoms in total. The predicted octanol–water partition coefficient (Wildman–Crippen LogP) is 6.12. The van der Waals surface area contributed by atoms with E-state index in [1.807, 2.05) is 47.9 Å². The number of rotatable bonds is 9. The van der Waals surface area contributed by atoms with Gasteiger partial charge in [-0.3, -0.25) is 9.36 Å². The maximum atomic E-state index is 12.5. The first-order valence-electron chi connectivity index (χ1n) is 10.6. The summed E-state index contributed by atoms with van der Waals surface area (Å²) in [5.74, 6) is 1.58. The first-order chi connectivity index (χ1) is 16.5. The number of benzene rings is 3. The van der Waals surface area contributed by atoms with Gasteiger partial charge in [0.25, 0.3) is 5.91 Å². The van der Waals surface area contributed by atoms with Crippen molar-refractivity contribution in [2.75, 3.05) is 6.61 Å². The Morgan fingerprint density at radius 2 is 1.74 bits per heavy atom. The molecule has 1 unspecified atom stereocenters. The highest BCUT2D eigenvalue weighted by atomic mass is 35.5. The van der Waals surface area contributed by atoms with E-state index < -0.39 is 6.04 Å². The molecular weight excluding hydrogens is 491 g/mol. The lowest BCUT2D eigenvalue weighted by Gasteiger charge is -2.17. The standard InChI is InChI=1S/C25H22Cl2N4O2S/c1-17(28-23(32)15-33-20-10-6-3-7-11-20)24-29-30-25(34-16-18-8-4-2-5-9-18)31(24)22-14-19(26)12-13-21(22)27/h2-14,17H,15-16H2,1H3,(H,28,32). The molecule has 0 radical (unpaired) electrons. The van der Waals surface area contributed by atoms with Crippen LogP contribution in [0.4, 0.5) is 0 Å². The van der Waals surface area contributed by atoms with E-state index in [4.69, 9.17) is 27.9 Å². The summed E-state index contributed by atoms with van der Waals surface area (Å²) < 4.78 is 7.39. The van der Waals surface area contributed by atoms with Gasteiger partial charge in [-0.25, -0.2) is 0 Å². The van der Waals surface area contributed by atoms with Gasteiger partial charge in [0, 0.05) is 10.8 Å². The lowest BCUT2D eigenvalue weighted by atomic mass is 10.2. The normalized spacial score (nSPS) is 11.7. The maximum Gasteiger partial charge on any atom is 0.258 e. The Morgan fingerprint density at radius 3 is 2.47 bits per heavy atom. The second-order valence-corrected chi connectivity index (χ2v) is 9.22. The number of halogens is 2. The van der Waals surface area contributed by atoms with Crippen LogP contribution in [0, 0.1) is 0 Å². The Labute approximate surface area is 212 Å². The first-order valence-corrected chi connectivity index (χ1v) is 12.3. The topological polar surface area (TPSA) is 69.0 Å². The number of aromatic nitrogens is 3. The van der Waals surface area contributed by atoms with Crippen molar-refractivity contribution in [3.05, 3.63) is 100 Å². The van der Waals surface area contributed by atoms with E-state index in [0.29, 0.717) is 38.2 Å². The van der Waals surface area contributed by atoms with Gasteiger partial charge < -0.3 is 10.1 Å². The first kappa shape index (κ1) is 24.1. The molecule has 4 aromatic rings. The van der Waals surface area contributed by atoms with Gasteiger partial charge in [-0.05, 0) is 42.8 Å². The number of para-hydroxylation sites is 1. The van der Waals surface area contributed by atoms with Crippen molar-refractivity contribution in [1.29, 1.82) is 0 Å². The van der Waals surface area contributed by atoms with Gasteiger partial charge in [0.15, 0.2) is 17.6 Å². The molecule has 0 bridgehead atoms. The summed E-state index contributed by atoms with van der Waals surface area (Å²) in [5, 5.41) is 13.4. The fourth-order valence-electron chi connectivity index (χ4n) is 3.27. The number of hydrogen-bond donors (Lipinski definition) is 1. The van der Waals surface area contributed by atoms with E-state index >= 15 is 0 Å². The molecular formula is C25H22Cl2N4O2S. The minimum atomic E-state index is -0.458. The Balaban J connectivity index is 1.56. The monoisotopic (exact) mass is 512 g/mol. The SMILES string of the molecule is CC(NC(=O)COc1ccccc1)c1nnc(SCc2ccccc2)n1-c1cc(Cl)ccc1Cl. The van der Waals surface area contributed by atoms with Gasteiger partial charge in [-0.2, -0.15) is 0 Å². The molecule has 0 saturated carbocycles. The number of nitrogens with one attached hydrogen (secondary N) is 1. The highest BCUT2D eigenvalue weighted by molar-refractivity contribution is 7.98. The maximum absolute atomic E-state index is 12.5. The van der Waals surface area contributed by atoms with Crippen LogP contribution in [0.5, 0.6) is 5.75 Å². The van der Waals surface area contributed by atoms with Gasteiger partial charge in [-0.1, -0.05) is 83.5 Å². The predicted molar refractivity (Wildman–Crippen MR) is 136 cm³/mol. The molecule has 174 valence electrons. The number of ether oxygens (including phenoxy) is 1. The molecule has 9 heteroatoms. The van der Waals surface area contributed by atoms with E-state index in [1.165, 1.54) is 11.8 Å². The third-order valence-corrected chi connectivity index (χ3v) is 6.45. The second kappa shape index (κ2) is 11.4. The number of thioether (sulfide) groups is 1. The molecule has 1 N–H and O–H groups in total. The summed E-state index contributed by atoms with van der Waals surface area (Å²) in [6.07, 6.45) is 0. The van der Waals surface area contributed by atoms with Crippen LogP contribution in [0.25, 0.3) is 5.69 Å². The fourth-order valence-corrected chi connectivity index (χ4v) is 4.55. The third kappa shape index (κ3) is 6.11. The molecule has 1 atom stereocenters. The Bertz CT molecular complexity index is 1250. The largest absolute Gasteiger partial charge is 0.484 e. The molecule has 0 saturated heterocycles. The zero-order valence-corrected chi connectivity index (χ0v) is 20.6.